The predicted octanol–water partition coefficient (Wildman–Crippen LogP) is 2.20. The van der Waals surface area contributed by atoms with Crippen molar-refractivity contribution >= 4 is 17.5 Å². The number of rotatable bonds is 9. The Balaban J connectivity index is 2.69. The number of hydrogen-bond acceptors (Lipinski definition) is 4. The fourth-order valence-corrected chi connectivity index (χ4v) is 1.87. The van der Waals surface area contributed by atoms with Gasteiger partial charge in [0, 0.05) is 20.3 Å². The van der Waals surface area contributed by atoms with E-state index in [0.717, 1.165) is 0 Å². The van der Waals surface area contributed by atoms with E-state index in [1.54, 1.807) is 39.2 Å². The molecule has 0 spiro atoms. The number of carbonyl (C=O) groups is 2. The molecule has 0 radical (unpaired) electrons. The van der Waals surface area contributed by atoms with Gasteiger partial charge in [0.05, 0.1) is 12.3 Å². The number of methoxy groups -OCH3 is 1. The molecule has 128 valence electrons. The van der Waals surface area contributed by atoms with Gasteiger partial charge in [-0.3, -0.25) is 9.59 Å². The number of anilines is 1. The minimum atomic E-state index is -1.19. The van der Waals surface area contributed by atoms with Crippen LogP contribution in [-0.4, -0.2) is 38.7 Å². The molecule has 0 aliphatic heterocycles. The lowest BCUT2D eigenvalue weighted by molar-refractivity contribution is -0.138. The average Bonchev–Trinajstić information content (AvgIpc) is 2.53. The van der Waals surface area contributed by atoms with Gasteiger partial charge >= 0.3 is 0 Å². The van der Waals surface area contributed by atoms with Crippen LogP contribution in [0.5, 0.6) is 5.75 Å². The minimum absolute atomic E-state index is 0.319. The van der Waals surface area contributed by atoms with E-state index < -0.39 is 5.41 Å². The van der Waals surface area contributed by atoms with E-state index in [1.165, 1.54) is 0 Å². The van der Waals surface area contributed by atoms with E-state index in [9.17, 15) is 9.59 Å². The van der Waals surface area contributed by atoms with Gasteiger partial charge in [0.15, 0.2) is 0 Å². The SMILES string of the molecule is CCOc1ccccc1NC(=O)C(C)(C)C(=O)NCCCOC. The predicted molar refractivity (Wildman–Crippen MR) is 89.5 cm³/mol. The number of amides is 2. The number of ether oxygens (including phenoxy) is 2. The van der Waals surface area contributed by atoms with Crippen LogP contribution >= 0.6 is 0 Å². The first kappa shape index (κ1) is 19.0. The second-order valence-corrected chi connectivity index (χ2v) is 5.61. The van der Waals surface area contributed by atoms with Crippen molar-refractivity contribution in [3.8, 4) is 5.75 Å². The highest BCUT2D eigenvalue weighted by atomic mass is 16.5. The molecule has 6 heteroatoms. The zero-order valence-electron chi connectivity index (χ0n) is 14.3. The lowest BCUT2D eigenvalue weighted by Gasteiger charge is -2.23. The van der Waals surface area contributed by atoms with E-state index in [2.05, 4.69) is 10.6 Å². The second kappa shape index (κ2) is 9.15. The summed E-state index contributed by atoms with van der Waals surface area (Å²) < 4.78 is 10.4. The molecule has 0 aromatic heterocycles. The van der Waals surface area contributed by atoms with Crippen LogP contribution < -0.4 is 15.4 Å². The molecule has 0 bridgehead atoms. The van der Waals surface area contributed by atoms with Crippen LogP contribution in [-0.2, 0) is 14.3 Å². The van der Waals surface area contributed by atoms with Gasteiger partial charge in [-0.2, -0.15) is 0 Å². The number of carbonyl (C=O) groups excluding carboxylic acids is 2. The van der Waals surface area contributed by atoms with Crippen molar-refractivity contribution in [1.82, 2.24) is 5.32 Å². The van der Waals surface area contributed by atoms with E-state index >= 15 is 0 Å². The fraction of sp³-hybridized carbons (Fsp3) is 0.529. The molecule has 6 nitrogen and oxygen atoms in total. The standard InChI is InChI=1S/C17H26N2O4/c1-5-23-14-10-7-6-9-13(14)19-16(21)17(2,3)15(20)18-11-8-12-22-4/h6-7,9-10H,5,8,11-12H2,1-4H3,(H,18,20)(H,19,21). The molecular formula is C17H26N2O4. The first-order chi connectivity index (χ1) is 10.9. The molecule has 0 unspecified atom stereocenters. The molecule has 0 fully saturated rings. The summed E-state index contributed by atoms with van der Waals surface area (Å²) in [4.78, 5) is 24.7. The number of nitrogens with one attached hydrogen (secondary N) is 2. The zero-order chi connectivity index (χ0) is 17.3. The summed E-state index contributed by atoms with van der Waals surface area (Å²) in [6.07, 6.45) is 0.702. The Hall–Kier alpha value is -2.08. The van der Waals surface area contributed by atoms with Gasteiger partial charge < -0.3 is 20.1 Å². The van der Waals surface area contributed by atoms with Crippen molar-refractivity contribution in [2.45, 2.75) is 27.2 Å². The smallest absolute Gasteiger partial charge is 0.239 e. The highest BCUT2D eigenvalue weighted by molar-refractivity contribution is 6.10. The van der Waals surface area contributed by atoms with Gasteiger partial charge in [-0.05, 0) is 39.3 Å². The quantitative estimate of drug-likeness (QED) is 0.540. The van der Waals surface area contributed by atoms with E-state index in [1.807, 2.05) is 13.0 Å². The Kier molecular flexibility index (Phi) is 7.54. The molecule has 0 saturated carbocycles. The van der Waals surface area contributed by atoms with Crippen LogP contribution in [0, 0.1) is 5.41 Å². The van der Waals surface area contributed by atoms with Crippen molar-refractivity contribution in [2.24, 2.45) is 5.41 Å². The summed E-state index contributed by atoms with van der Waals surface area (Å²) in [6, 6.07) is 7.15. The molecule has 2 amide bonds. The fourth-order valence-electron chi connectivity index (χ4n) is 1.87. The molecule has 0 aliphatic rings. The highest BCUT2D eigenvalue weighted by Gasteiger charge is 2.36. The summed E-state index contributed by atoms with van der Waals surface area (Å²) in [7, 11) is 1.61. The Labute approximate surface area is 137 Å². The molecule has 1 aromatic carbocycles. The molecular weight excluding hydrogens is 296 g/mol. The lowest BCUT2D eigenvalue weighted by atomic mass is 9.91. The largest absolute Gasteiger partial charge is 0.492 e. The summed E-state index contributed by atoms with van der Waals surface area (Å²) in [6.45, 7) is 6.59. The summed E-state index contributed by atoms with van der Waals surface area (Å²) in [5, 5.41) is 5.52. The minimum Gasteiger partial charge on any atom is -0.492 e. The van der Waals surface area contributed by atoms with Crippen LogP contribution in [0.1, 0.15) is 27.2 Å². The summed E-state index contributed by atoms with van der Waals surface area (Å²) in [5.74, 6) is -0.117. The van der Waals surface area contributed by atoms with E-state index in [-0.39, 0.29) is 11.8 Å². The number of benzene rings is 1. The third kappa shape index (κ3) is 5.56. The van der Waals surface area contributed by atoms with Gasteiger partial charge in [0.1, 0.15) is 11.2 Å². The van der Waals surface area contributed by atoms with Gasteiger partial charge in [-0.15, -0.1) is 0 Å². The van der Waals surface area contributed by atoms with Gasteiger partial charge in [0.2, 0.25) is 11.8 Å². The van der Waals surface area contributed by atoms with Crippen LogP contribution in [0.3, 0.4) is 0 Å². The molecule has 2 N–H and O–H groups in total. The molecule has 0 saturated heterocycles. The molecule has 0 heterocycles. The maximum absolute atomic E-state index is 12.5. The van der Waals surface area contributed by atoms with Crippen molar-refractivity contribution in [1.29, 1.82) is 0 Å². The van der Waals surface area contributed by atoms with Gasteiger partial charge in [-0.25, -0.2) is 0 Å². The first-order valence-corrected chi connectivity index (χ1v) is 7.74. The molecule has 0 atom stereocenters. The van der Waals surface area contributed by atoms with Crippen molar-refractivity contribution in [3.05, 3.63) is 24.3 Å². The van der Waals surface area contributed by atoms with Crippen LogP contribution in [0.4, 0.5) is 5.69 Å². The van der Waals surface area contributed by atoms with Gasteiger partial charge in [0.25, 0.3) is 0 Å². The Bertz CT molecular complexity index is 529. The van der Waals surface area contributed by atoms with Crippen LogP contribution in [0.15, 0.2) is 24.3 Å². The average molecular weight is 322 g/mol. The van der Waals surface area contributed by atoms with E-state index in [0.29, 0.717) is 37.6 Å². The topological polar surface area (TPSA) is 76.7 Å². The molecule has 0 aliphatic carbocycles. The number of para-hydroxylation sites is 2. The van der Waals surface area contributed by atoms with Crippen LogP contribution in [0.25, 0.3) is 0 Å². The maximum atomic E-state index is 12.5. The molecule has 23 heavy (non-hydrogen) atoms. The van der Waals surface area contributed by atoms with E-state index in [4.69, 9.17) is 9.47 Å². The molecule has 1 aromatic rings. The normalized spacial score (nSPS) is 11.0. The third-order valence-corrected chi connectivity index (χ3v) is 3.38. The first-order valence-electron chi connectivity index (χ1n) is 7.74. The van der Waals surface area contributed by atoms with Crippen molar-refractivity contribution in [2.75, 3.05) is 32.2 Å². The zero-order valence-corrected chi connectivity index (χ0v) is 14.3. The van der Waals surface area contributed by atoms with Gasteiger partial charge in [-0.1, -0.05) is 12.1 Å². The number of hydrogen-bond donors (Lipinski definition) is 2. The van der Waals surface area contributed by atoms with Crippen molar-refractivity contribution in [3.63, 3.8) is 0 Å². The second-order valence-electron chi connectivity index (χ2n) is 5.61. The summed E-state index contributed by atoms with van der Waals surface area (Å²) in [5.41, 5.74) is -0.633. The third-order valence-electron chi connectivity index (χ3n) is 3.38. The van der Waals surface area contributed by atoms with Crippen LogP contribution in [0.2, 0.25) is 0 Å². The highest BCUT2D eigenvalue weighted by Crippen LogP contribution is 2.26. The van der Waals surface area contributed by atoms with Crippen molar-refractivity contribution < 1.29 is 19.1 Å². The monoisotopic (exact) mass is 322 g/mol. The lowest BCUT2D eigenvalue weighted by Crippen LogP contribution is -2.45. The summed E-state index contributed by atoms with van der Waals surface area (Å²) >= 11 is 0. The Morgan fingerprint density at radius 1 is 1.17 bits per heavy atom. The maximum Gasteiger partial charge on any atom is 0.239 e. The Morgan fingerprint density at radius 2 is 1.87 bits per heavy atom. The molecule has 1 rings (SSSR count). The Morgan fingerprint density at radius 3 is 2.52 bits per heavy atom.